The molecule has 0 saturated heterocycles. The molecule has 0 N–H and O–H groups in total. The van der Waals surface area contributed by atoms with Crippen molar-refractivity contribution in [1.82, 2.24) is 4.57 Å². The number of hydrogen-bond acceptors (Lipinski definition) is 2. The summed E-state index contributed by atoms with van der Waals surface area (Å²) in [6, 6.07) is 11.4. The van der Waals surface area contributed by atoms with E-state index in [2.05, 4.69) is 0 Å². The first kappa shape index (κ1) is 11.5. The molecule has 0 aliphatic carbocycles. The molecular formula is C14H14NO2-. The lowest BCUT2D eigenvalue weighted by Crippen LogP contribution is -2.22. The number of carbonyl (C=O) groups is 1. The van der Waals surface area contributed by atoms with Gasteiger partial charge in [0.2, 0.25) is 0 Å². The zero-order valence-electron chi connectivity index (χ0n) is 9.93. The number of benzene rings is 1. The zero-order chi connectivity index (χ0) is 12.4. The molecule has 1 aromatic heterocycles. The molecule has 1 heterocycles. The van der Waals surface area contributed by atoms with Gasteiger partial charge in [-0.25, -0.2) is 0 Å². The van der Waals surface area contributed by atoms with Crippen molar-refractivity contribution in [3.05, 3.63) is 47.7 Å². The van der Waals surface area contributed by atoms with Crippen molar-refractivity contribution in [2.45, 2.75) is 20.4 Å². The van der Waals surface area contributed by atoms with Crippen molar-refractivity contribution in [1.29, 1.82) is 0 Å². The fourth-order valence-electron chi connectivity index (χ4n) is 2.11. The summed E-state index contributed by atoms with van der Waals surface area (Å²) in [5, 5.41) is 11.0. The number of rotatable bonds is 3. The van der Waals surface area contributed by atoms with Gasteiger partial charge in [-0.1, -0.05) is 30.3 Å². The van der Waals surface area contributed by atoms with Gasteiger partial charge in [0.05, 0.1) is 5.97 Å². The lowest BCUT2D eigenvalue weighted by molar-refractivity contribution is -0.255. The maximum absolute atomic E-state index is 11.0. The maximum atomic E-state index is 11.0. The van der Waals surface area contributed by atoms with Gasteiger partial charge in [0.25, 0.3) is 0 Å². The monoisotopic (exact) mass is 228 g/mol. The first-order chi connectivity index (χ1) is 8.15. The number of aromatic carboxylic acids is 1. The Kier molecular flexibility index (Phi) is 3.00. The van der Waals surface area contributed by atoms with E-state index >= 15 is 0 Å². The molecule has 0 bridgehead atoms. The van der Waals surface area contributed by atoms with E-state index in [1.807, 2.05) is 41.8 Å². The largest absolute Gasteiger partial charge is 0.545 e. The number of hydrogen-bond donors (Lipinski definition) is 0. The number of aromatic nitrogens is 1. The van der Waals surface area contributed by atoms with E-state index < -0.39 is 5.97 Å². The highest BCUT2D eigenvalue weighted by Gasteiger charge is 2.12. The molecule has 3 nitrogen and oxygen atoms in total. The number of carbonyl (C=O) groups excluding carboxylic acids is 1. The van der Waals surface area contributed by atoms with Gasteiger partial charge in [0.15, 0.2) is 0 Å². The van der Waals surface area contributed by atoms with Gasteiger partial charge in [-0.15, -0.1) is 0 Å². The highest BCUT2D eigenvalue weighted by molar-refractivity contribution is 5.89. The van der Waals surface area contributed by atoms with Crippen molar-refractivity contribution in [3.8, 4) is 11.3 Å². The van der Waals surface area contributed by atoms with Crippen LogP contribution in [0.4, 0.5) is 0 Å². The SMILES string of the molecule is CCn1c(-c2ccccc2)cc(C(=O)[O-])c1C. The van der Waals surface area contributed by atoms with E-state index in [0.29, 0.717) is 0 Å². The summed E-state index contributed by atoms with van der Waals surface area (Å²) >= 11 is 0. The number of carboxylic acid groups (broad SMARTS) is 1. The fraction of sp³-hybridized carbons (Fsp3) is 0.214. The second-order valence-electron chi connectivity index (χ2n) is 3.93. The van der Waals surface area contributed by atoms with E-state index in [1.165, 1.54) is 0 Å². The quantitative estimate of drug-likeness (QED) is 0.804. The smallest absolute Gasteiger partial charge is 0.0733 e. The minimum absolute atomic E-state index is 0.269. The van der Waals surface area contributed by atoms with Crippen LogP contribution in [0.1, 0.15) is 23.0 Å². The summed E-state index contributed by atoms with van der Waals surface area (Å²) in [5.41, 5.74) is 2.95. The van der Waals surface area contributed by atoms with Crippen LogP contribution >= 0.6 is 0 Å². The van der Waals surface area contributed by atoms with Crippen LogP contribution in [0.25, 0.3) is 11.3 Å². The lowest BCUT2D eigenvalue weighted by Gasteiger charge is -2.09. The first-order valence-electron chi connectivity index (χ1n) is 5.62. The van der Waals surface area contributed by atoms with Crippen molar-refractivity contribution in [2.24, 2.45) is 0 Å². The molecule has 3 heteroatoms. The Morgan fingerprint density at radius 1 is 1.29 bits per heavy atom. The van der Waals surface area contributed by atoms with Gasteiger partial charge < -0.3 is 14.5 Å². The molecule has 0 aliphatic heterocycles. The van der Waals surface area contributed by atoms with Crippen LogP contribution < -0.4 is 5.11 Å². The fourth-order valence-corrected chi connectivity index (χ4v) is 2.11. The van der Waals surface area contributed by atoms with Gasteiger partial charge in [0, 0.05) is 23.5 Å². The van der Waals surface area contributed by atoms with Crippen LogP contribution in [0.15, 0.2) is 36.4 Å². The van der Waals surface area contributed by atoms with Gasteiger partial charge in [-0.3, -0.25) is 0 Å². The Morgan fingerprint density at radius 3 is 2.47 bits per heavy atom. The topological polar surface area (TPSA) is 45.1 Å². The third-order valence-electron chi connectivity index (χ3n) is 2.97. The minimum atomic E-state index is -1.12. The van der Waals surface area contributed by atoms with Crippen LogP contribution in [-0.2, 0) is 6.54 Å². The van der Waals surface area contributed by atoms with Gasteiger partial charge in [-0.05, 0) is 25.5 Å². The predicted octanol–water partition coefficient (Wildman–Crippen LogP) is 1.85. The van der Waals surface area contributed by atoms with Crippen LogP contribution in [0.5, 0.6) is 0 Å². The Balaban J connectivity index is 2.62. The number of nitrogens with zero attached hydrogens (tertiary/aromatic N) is 1. The normalized spacial score (nSPS) is 10.5. The Labute approximate surface area is 100 Å². The third-order valence-corrected chi connectivity index (χ3v) is 2.97. The molecule has 0 saturated carbocycles. The first-order valence-corrected chi connectivity index (χ1v) is 5.62. The van der Waals surface area contributed by atoms with E-state index in [0.717, 1.165) is 23.5 Å². The molecule has 2 rings (SSSR count). The second kappa shape index (κ2) is 4.45. The van der Waals surface area contributed by atoms with Crippen LogP contribution in [0.2, 0.25) is 0 Å². The van der Waals surface area contributed by atoms with E-state index in [4.69, 9.17) is 0 Å². The molecule has 1 aromatic carbocycles. The molecule has 0 aliphatic rings. The van der Waals surface area contributed by atoms with Crippen molar-refractivity contribution >= 4 is 5.97 Å². The molecule has 0 atom stereocenters. The summed E-state index contributed by atoms with van der Waals surface area (Å²) in [4.78, 5) is 11.0. The van der Waals surface area contributed by atoms with Crippen molar-refractivity contribution < 1.29 is 9.90 Å². The molecule has 88 valence electrons. The zero-order valence-corrected chi connectivity index (χ0v) is 9.93. The molecule has 0 fully saturated rings. The minimum Gasteiger partial charge on any atom is -0.545 e. The van der Waals surface area contributed by atoms with Crippen LogP contribution in [0.3, 0.4) is 0 Å². The number of carboxylic acids is 1. The van der Waals surface area contributed by atoms with Crippen molar-refractivity contribution in [2.75, 3.05) is 0 Å². The summed E-state index contributed by atoms with van der Waals surface area (Å²) in [7, 11) is 0. The molecule has 17 heavy (non-hydrogen) atoms. The molecule has 0 unspecified atom stereocenters. The van der Waals surface area contributed by atoms with Crippen molar-refractivity contribution in [3.63, 3.8) is 0 Å². The maximum Gasteiger partial charge on any atom is 0.0733 e. The predicted molar refractivity (Wildman–Crippen MR) is 64.6 cm³/mol. The average molecular weight is 228 g/mol. The molecule has 0 radical (unpaired) electrons. The highest BCUT2D eigenvalue weighted by Crippen LogP contribution is 2.25. The van der Waals surface area contributed by atoms with Gasteiger partial charge >= 0.3 is 0 Å². The standard InChI is InChI=1S/C14H15NO2/c1-3-15-10(2)12(14(16)17)9-13(15)11-7-5-4-6-8-11/h4-9H,3H2,1-2H3,(H,16,17)/p-1. The highest BCUT2D eigenvalue weighted by atomic mass is 16.4. The Bertz CT molecular complexity index is 541. The summed E-state index contributed by atoms with van der Waals surface area (Å²) < 4.78 is 1.99. The van der Waals surface area contributed by atoms with Gasteiger partial charge in [-0.2, -0.15) is 0 Å². The van der Waals surface area contributed by atoms with E-state index in [-0.39, 0.29) is 5.56 Å². The van der Waals surface area contributed by atoms with E-state index in [1.54, 1.807) is 13.0 Å². The summed E-state index contributed by atoms with van der Waals surface area (Å²) in [5.74, 6) is -1.12. The van der Waals surface area contributed by atoms with Crippen LogP contribution in [0, 0.1) is 6.92 Å². The lowest BCUT2D eigenvalue weighted by atomic mass is 10.1. The average Bonchev–Trinajstić information content (AvgIpc) is 2.67. The Morgan fingerprint density at radius 2 is 1.94 bits per heavy atom. The molecular weight excluding hydrogens is 214 g/mol. The van der Waals surface area contributed by atoms with Crippen LogP contribution in [-0.4, -0.2) is 10.5 Å². The van der Waals surface area contributed by atoms with E-state index in [9.17, 15) is 9.90 Å². The summed E-state index contributed by atoms with van der Waals surface area (Å²) in [6.45, 7) is 4.54. The van der Waals surface area contributed by atoms with Gasteiger partial charge in [0.1, 0.15) is 0 Å². The second-order valence-corrected chi connectivity index (χ2v) is 3.93. The third kappa shape index (κ3) is 1.96. The molecule has 0 amide bonds. The molecule has 0 spiro atoms. The Hall–Kier alpha value is -2.03. The molecule has 2 aromatic rings. The summed E-state index contributed by atoms with van der Waals surface area (Å²) in [6.07, 6.45) is 0.